The zero-order valence-electron chi connectivity index (χ0n) is 12.9. The van der Waals surface area contributed by atoms with Crippen LogP contribution in [-0.4, -0.2) is 43.5 Å². The van der Waals surface area contributed by atoms with Gasteiger partial charge in [-0.1, -0.05) is 19.3 Å². The minimum Gasteiger partial charge on any atom is -0.368 e. The van der Waals surface area contributed by atoms with Crippen LogP contribution in [0.25, 0.3) is 0 Å². The lowest BCUT2D eigenvalue weighted by Crippen LogP contribution is -2.51. The fraction of sp³-hybridized carbons (Fsp3) is 0.933. The first kappa shape index (κ1) is 16.4. The number of nitrogens with two attached hydrogens (primary N) is 1. The van der Waals surface area contributed by atoms with E-state index in [1.165, 1.54) is 38.6 Å². The molecule has 0 heterocycles. The minimum atomic E-state index is -0.564. The molecule has 0 aromatic rings. The Morgan fingerprint density at radius 2 is 2.00 bits per heavy atom. The third-order valence-electron chi connectivity index (χ3n) is 4.61. The van der Waals surface area contributed by atoms with E-state index in [4.69, 9.17) is 5.73 Å². The van der Waals surface area contributed by atoms with Crippen molar-refractivity contribution in [2.24, 2.45) is 11.7 Å². The number of hydrogen-bond donors (Lipinski definition) is 2. The predicted octanol–water partition coefficient (Wildman–Crippen LogP) is 1.74. The molecule has 1 aliphatic carbocycles. The summed E-state index contributed by atoms with van der Waals surface area (Å²) in [6.45, 7) is 4.13. The van der Waals surface area contributed by atoms with Gasteiger partial charge >= 0.3 is 0 Å². The average Bonchev–Trinajstić information content (AvgIpc) is 2.39. The van der Waals surface area contributed by atoms with Crippen molar-refractivity contribution in [3.8, 4) is 0 Å². The first-order valence-electron chi connectivity index (χ1n) is 7.65. The number of nitrogens with zero attached hydrogens (tertiary/aromatic N) is 1. The van der Waals surface area contributed by atoms with E-state index in [9.17, 15) is 4.79 Å². The third-order valence-corrected chi connectivity index (χ3v) is 4.61. The molecule has 0 spiro atoms. The van der Waals surface area contributed by atoms with Crippen LogP contribution in [0.1, 0.15) is 51.9 Å². The van der Waals surface area contributed by atoms with Crippen molar-refractivity contribution >= 4 is 5.91 Å². The summed E-state index contributed by atoms with van der Waals surface area (Å²) >= 11 is 0. The molecule has 4 heteroatoms. The van der Waals surface area contributed by atoms with Gasteiger partial charge in [-0.25, -0.2) is 0 Å². The highest BCUT2D eigenvalue weighted by Crippen LogP contribution is 2.24. The molecule has 1 unspecified atom stereocenters. The number of likely N-dealkylation sites (N-methyl/N-ethyl adjacent to an activating group) is 1. The number of nitrogens with one attached hydrogen (secondary N) is 1. The standard InChI is InChI=1S/C15H31N3O/c1-15(17-2,14(16)19)10-7-11-18(3)12-13-8-5-4-6-9-13/h13,17H,4-12H2,1-3H3,(H2,16,19). The fourth-order valence-corrected chi connectivity index (χ4v) is 2.98. The molecule has 4 nitrogen and oxygen atoms in total. The van der Waals surface area contributed by atoms with Gasteiger partial charge in [0.05, 0.1) is 5.54 Å². The average molecular weight is 269 g/mol. The number of amides is 1. The van der Waals surface area contributed by atoms with Crippen molar-refractivity contribution in [1.29, 1.82) is 0 Å². The molecule has 0 aromatic carbocycles. The summed E-state index contributed by atoms with van der Waals surface area (Å²) in [5.74, 6) is 0.621. The van der Waals surface area contributed by atoms with Gasteiger partial charge in [-0.15, -0.1) is 0 Å². The van der Waals surface area contributed by atoms with Gasteiger partial charge in [-0.3, -0.25) is 4.79 Å². The molecule has 0 aliphatic heterocycles. The molecule has 0 aromatic heterocycles. The molecule has 1 rings (SSSR count). The lowest BCUT2D eigenvalue weighted by atomic mass is 9.89. The van der Waals surface area contributed by atoms with Crippen LogP contribution in [0.3, 0.4) is 0 Å². The lowest BCUT2D eigenvalue weighted by Gasteiger charge is -2.29. The van der Waals surface area contributed by atoms with E-state index < -0.39 is 5.54 Å². The maximum absolute atomic E-state index is 11.4. The zero-order valence-corrected chi connectivity index (χ0v) is 12.9. The molecule has 0 radical (unpaired) electrons. The Labute approximate surface area is 118 Å². The molecule has 112 valence electrons. The van der Waals surface area contributed by atoms with Crippen LogP contribution in [0.2, 0.25) is 0 Å². The molecule has 1 aliphatic rings. The number of rotatable bonds is 8. The van der Waals surface area contributed by atoms with Crippen molar-refractivity contribution in [2.45, 2.75) is 57.4 Å². The monoisotopic (exact) mass is 269 g/mol. The molecule has 19 heavy (non-hydrogen) atoms. The van der Waals surface area contributed by atoms with E-state index in [1.807, 2.05) is 6.92 Å². The highest BCUT2D eigenvalue weighted by atomic mass is 16.1. The van der Waals surface area contributed by atoms with Crippen LogP contribution >= 0.6 is 0 Å². The van der Waals surface area contributed by atoms with Crippen LogP contribution in [0, 0.1) is 5.92 Å². The fourth-order valence-electron chi connectivity index (χ4n) is 2.98. The van der Waals surface area contributed by atoms with Gasteiger partial charge in [0.15, 0.2) is 0 Å². The van der Waals surface area contributed by atoms with Crippen molar-refractivity contribution in [3.63, 3.8) is 0 Å². The zero-order chi connectivity index (χ0) is 14.3. The topological polar surface area (TPSA) is 58.4 Å². The van der Waals surface area contributed by atoms with Gasteiger partial charge in [0.1, 0.15) is 0 Å². The Balaban J connectivity index is 2.22. The maximum atomic E-state index is 11.4. The van der Waals surface area contributed by atoms with Gasteiger partial charge < -0.3 is 16.0 Å². The normalized spacial score (nSPS) is 20.4. The second kappa shape index (κ2) is 7.85. The number of hydrogen-bond acceptors (Lipinski definition) is 3. The third kappa shape index (κ3) is 5.49. The highest BCUT2D eigenvalue weighted by Gasteiger charge is 2.28. The van der Waals surface area contributed by atoms with Crippen LogP contribution in [0.5, 0.6) is 0 Å². The Morgan fingerprint density at radius 1 is 1.37 bits per heavy atom. The molecular formula is C15H31N3O. The Morgan fingerprint density at radius 3 is 2.53 bits per heavy atom. The van der Waals surface area contributed by atoms with Crippen LogP contribution < -0.4 is 11.1 Å². The first-order valence-corrected chi connectivity index (χ1v) is 7.65. The number of carbonyl (C=O) groups is 1. The second-order valence-corrected chi connectivity index (χ2v) is 6.32. The van der Waals surface area contributed by atoms with E-state index in [2.05, 4.69) is 17.3 Å². The van der Waals surface area contributed by atoms with Gasteiger partial charge in [0.25, 0.3) is 0 Å². The summed E-state index contributed by atoms with van der Waals surface area (Å²) < 4.78 is 0. The Hall–Kier alpha value is -0.610. The first-order chi connectivity index (χ1) is 8.98. The minimum absolute atomic E-state index is 0.259. The summed E-state index contributed by atoms with van der Waals surface area (Å²) in [6.07, 6.45) is 8.80. The number of primary amides is 1. The quantitative estimate of drug-likeness (QED) is 0.706. The van der Waals surface area contributed by atoms with E-state index in [-0.39, 0.29) is 5.91 Å². The maximum Gasteiger partial charge on any atom is 0.237 e. The summed E-state index contributed by atoms with van der Waals surface area (Å²) in [4.78, 5) is 13.8. The van der Waals surface area contributed by atoms with Crippen molar-refractivity contribution < 1.29 is 4.79 Å². The Kier molecular flexibility index (Phi) is 6.80. The van der Waals surface area contributed by atoms with Crippen molar-refractivity contribution in [1.82, 2.24) is 10.2 Å². The molecule has 1 amide bonds. The second-order valence-electron chi connectivity index (χ2n) is 6.32. The smallest absolute Gasteiger partial charge is 0.237 e. The van der Waals surface area contributed by atoms with Gasteiger partial charge in [0.2, 0.25) is 5.91 Å². The molecule has 1 saturated carbocycles. The van der Waals surface area contributed by atoms with Crippen molar-refractivity contribution in [3.05, 3.63) is 0 Å². The van der Waals surface area contributed by atoms with Crippen LogP contribution in [0.4, 0.5) is 0 Å². The van der Waals surface area contributed by atoms with E-state index in [0.717, 1.165) is 25.3 Å². The highest BCUT2D eigenvalue weighted by molar-refractivity contribution is 5.84. The summed E-state index contributed by atoms with van der Waals surface area (Å²) in [7, 11) is 3.99. The molecular weight excluding hydrogens is 238 g/mol. The van der Waals surface area contributed by atoms with Gasteiger partial charge in [0, 0.05) is 6.54 Å². The van der Waals surface area contributed by atoms with Crippen LogP contribution in [0.15, 0.2) is 0 Å². The van der Waals surface area contributed by atoms with Gasteiger partial charge in [-0.05, 0) is 59.2 Å². The van der Waals surface area contributed by atoms with Crippen LogP contribution in [-0.2, 0) is 4.79 Å². The SMILES string of the molecule is CNC(C)(CCCN(C)CC1CCCCC1)C(N)=O. The number of carbonyl (C=O) groups excluding carboxylic acids is 1. The molecule has 3 N–H and O–H groups in total. The summed E-state index contributed by atoms with van der Waals surface area (Å²) in [5.41, 5.74) is 4.87. The largest absolute Gasteiger partial charge is 0.368 e. The summed E-state index contributed by atoms with van der Waals surface area (Å²) in [6, 6.07) is 0. The van der Waals surface area contributed by atoms with Gasteiger partial charge in [-0.2, -0.15) is 0 Å². The molecule has 1 fully saturated rings. The van der Waals surface area contributed by atoms with E-state index in [0.29, 0.717) is 0 Å². The lowest BCUT2D eigenvalue weighted by molar-refractivity contribution is -0.123. The molecule has 0 saturated heterocycles. The summed E-state index contributed by atoms with van der Waals surface area (Å²) in [5, 5.41) is 3.04. The Bertz CT molecular complexity index is 277. The van der Waals surface area contributed by atoms with E-state index >= 15 is 0 Å². The predicted molar refractivity (Wildman–Crippen MR) is 80.0 cm³/mol. The molecule has 1 atom stereocenters. The van der Waals surface area contributed by atoms with Crippen molar-refractivity contribution in [2.75, 3.05) is 27.2 Å². The molecule has 0 bridgehead atoms. The van der Waals surface area contributed by atoms with E-state index in [1.54, 1.807) is 7.05 Å².